The number of Topliss-reactive ketones (excluding diaryl/α,β-unsaturated/α-hetero) is 1. The fourth-order valence-corrected chi connectivity index (χ4v) is 3.67. The van der Waals surface area contributed by atoms with E-state index in [-0.39, 0.29) is 40.9 Å². The summed E-state index contributed by atoms with van der Waals surface area (Å²) in [6, 6.07) is 1.86. The van der Waals surface area contributed by atoms with Crippen LogP contribution in [0.15, 0.2) is 24.5 Å². The maximum atomic E-state index is 14.0. The highest BCUT2D eigenvalue weighted by Gasteiger charge is 2.26. The number of nitrogens with one attached hydrogen (secondary N) is 1. The molecule has 8 nitrogen and oxygen atoms in total. The third kappa shape index (κ3) is 3.96. The normalized spacial score (nSPS) is 16.9. The molecule has 0 amide bonds. The first-order valence-corrected chi connectivity index (χ1v) is 9.33. The molecule has 0 spiro atoms. The van der Waals surface area contributed by atoms with E-state index in [0.717, 1.165) is 37.2 Å². The third-order valence-electron chi connectivity index (χ3n) is 5.10. The maximum Gasteiger partial charge on any atom is 0.222 e. The molecule has 1 aromatic carbocycles. The van der Waals surface area contributed by atoms with Crippen LogP contribution in [0.4, 0.5) is 26.2 Å². The monoisotopic (exact) mass is 401 g/mol. The van der Waals surface area contributed by atoms with Gasteiger partial charge in [-0.05, 0) is 18.9 Å². The second-order valence-corrected chi connectivity index (χ2v) is 7.19. The number of nitrogen functional groups attached to an aromatic ring is 1. The predicted octanol–water partition coefficient (Wildman–Crippen LogP) is 2.12. The molecule has 0 bridgehead atoms. The lowest BCUT2D eigenvalue weighted by Gasteiger charge is -2.32. The summed E-state index contributed by atoms with van der Waals surface area (Å²) >= 11 is 0. The number of nitrogens with two attached hydrogens (primary N) is 1. The molecule has 2 aromatic heterocycles. The summed E-state index contributed by atoms with van der Waals surface area (Å²) in [7, 11) is 1.85. The summed E-state index contributed by atoms with van der Waals surface area (Å²) in [5, 5.41) is 7.21. The Balaban J connectivity index is 1.48. The molecule has 1 aliphatic rings. The summed E-state index contributed by atoms with van der Waals surface area (Å²) in [5.74, 6) is -1.76. The molecule has 152 valence electrons. The molecule has 1 fully saturated rings. The van der Waals surface area contributed by atoms with Crippen molar-refractivity contribution >= 4 is 34.1 Å². The molecular weight excluding hydrogens is 380 g/mol. The Morgan fingerprint density at radius 1 is 1.34 bits per heavy atom. The average Bonchev–Trinajstić information content (AvgIpc) is 3.13. The van der Waals surface area contributed by atoms with Crippen molar-refractivity contribution in [1.29, 1.82) is 0 Å². The van der Waals surface area contributed by atoms with E-state index in [9.17, 15) is 13.6 Å². The van der Waals surface area contributed by atoms with Crippen molar-refractivity contribution in [3.63, 3.8) is 0 Å². The minimum atomic E-state index is -0.831. The van der Waals surface area contributed by atoms with Gasteiger partial charge in [0.1, 0.15) is 17.2 Å². The number of aryl methyl sites for hydroxylation is 1. The number of carbonyl (C=O) groups is 1. The first-order valence-electron chi connectivity index (χ1n) is 9.33. The van der Waals surface area contributed by atoms with Crippen LogP contribution >= 0.6 is 0 Å². The average molecular weight is 401 g/mol. The summed E-state index contributed by atoms with van der Waals surface area (Å²) in [6.45, 7) is 1.45. The lowest BCUT2D eigenvalue weighted by atomic mass is 9.93. The molecule has 0 saturated carbocycles. The van der Waals surface area contributed by atoms with Crippen molar-refractivity contribution in [2.75, 3.05) is 35.6 Å². The van der Waals surface area contributed by atoms with Crippen LogP contribution in [-0.4, -0.2) is 45.2 Å². The Bertz CT molecular complexity index is 1070. The van der Waals surface area contributed by atoms with Crippen molar-refractivity contribution in [2.24, 2.45) is 13.0 Å². The van der Waals surface area contributed by atoms with Gasteiger partial charge < -0.3 is 16.0 Å². The van der Waals surface area contributed by atoms with Gasteiger partial charge in [0, 0.05) is 43.7 Å². The van der Waals surface area contributed by atoms with Crippen molar-refractivity contribution in [1.82, 2.24) is 19.7 Å². The van der Waals surface area contributed by atoms with Gasteiger partial charge in [-0.1, -0.05) is 0 Å². The number of fused-ring (bicyclic) bond motifs is 1. The molecule has 10 heteroatoms. The molecule has 3 heterocycles. The number of hydrogen-bond donors (Lipinski definition) is 2. The van der Waals surface area contributed by atoms with Gasteiger partial charge in [0.15, 0.2) is 11.6 Å². The Morgan fingerprint density at radius 3 is 2.93 bits per heavy atom. The quantitative estimate of drug-likeness (QED) is 0.675. The van der Waals surface area contributed by atoms with Crippen LogP contribution in [0.1, 0.15) is 12.8 Å². The van der Waals surface area contributed by atoms with Gasteiger partial charge in [-0.2, -0.15) is 10.1 Å². The van der Waals surface area contributed by atoms with E-state index in [1.165, 1.54) is 0 Å². The molecule has 3 aromatic rings. The van der Waals surface area contributed by atoms with Crippen LogP contribution in [0.5, 0.6) is 0 Å². The number of ketones is 1. The van der Waals surface area contributed by atoms with Crippen molar-refractivity contribution in [3.8, 4) is 0 Å². The molecule has 0 aliphatic carbocycles. The number of carbonyl (C=O) groups excluding carboxylic acids is 1. The summed E-state index contributed by atoms with van der Waals surface area (Å²) in [6.07, 6.45) is 5.38. The minimum absolute atomic E-state index is 0.000740. The number of nitrogens with zero attached hydrogens (tertiary/aromatic N) is 5. The predicted molar refractivity (Wildman–Crippen MR) is 106 cm³/mol. The van der Waals surface area contributed by atoms with Gasteiger partial charge in [-0.15, -0.1) is 0 Å². The topological polar surface area (TPSA) is 102 Å². The number of aromatic nitrogens is 4. The van der Waals surface area contributed by atoms with Crippen LogP contribution in [0, 0.1) is 17.6 Å². The van der Waals surface area contributed by atoms with E-state index in [4.69, 9.17) is 5.73 Å². The standard InChI is InChI=1S/C19H21F2N7O/c1-27-10-13(7-24-27)28-4-2-3-11(9-28)16(29)8-23-18-14-5-12(20)6-15(21)17(14)25-19(22)26-18/h5-7,10-11H,2-4,8-9H2,1H3,(H3,22,23,25,26). The second-order valence-electron chi connectivity index (χ2n) is 7.19. The van der Waals surface area contributed by atoms with Gasteiger partial charge in [-0.3, -0.25) is 9.48 Å². The van der Waals surface area contributed by atoms with Crippen LogP contribution in [0.3, 0.4) is 0 Å². The number of piperidine rings is 1. The number of hydrogen-bond acceptors (Lipinski definition) is 7. The van der Waals surface area contributed by atoms with Crippen LogP contribution in [0.2, 0.25) is 0 Å². The van der Waals surface area contributed by atoms with Crippen LogP contribution in [0.25, 0.3) is 10.9 Å². The maximum absolute atomic E-state index is 14.0. The largest absolute Gasteiger partial charge is 0.368 e. The summed E-state index contributed by atoms with van der Waals surface area (Å²) in [5.41, 5.74) is 6.54. The van der Waals surface area contributed by atoms with E-state index in [1.807, 2.05) is 13.2 Å². The first-order chi connectivity index (χ1) is 13.9. The number of anilines is 3. The Kier molecular flexibility index (Phi) is 4.99. The molecule has 29 heavy (non-hydrogen) atoms. The van der Waals surface area contributed by atoms with E-state index < -0.39 is 11.6 Å². The summed E-state index contributed by atoms with van der Waals surface area (Å²) in [4.78, 5) is 22.8. The lowest BCUT2D eigenvalue weighted by Crippen LogP contribution is -2.40. The van der Waals surface area contributed by atoms with Crippen molar-refractivity contribution < 1.29 is 13.6 Å². The van der Waals surface area contributed by atoms with E-state index in [2.05, 4.69) is 25.3 Å². The van der Waals surface area contributed by atoms with Crippen LogP contribution < -0.4 is 16.0 Å². The van der Waals surface area contributed by atoms with Crippen molar-refractivity contribution in [3.05, 3.63) is 36.2 Å². The fraction of sp³-hybridized carbons (Fsp3) is 0.368. The third-order valence-corrected chi connectivity index (χ3v) is 5.10. The number of halogens is 2. The van der Waals surface area contributed by atoms with E-state index >= 15 is 0 Å². The zero-order chi connectivity index (χ0) is 20.5. The lowest BCUT2D eigenvalue weighted by molar-refractivity contribution is -0.121. The Labute approximate surface area is 165 Å². The second kappa shape index (κ2) is 7.61. The molecule has 1 atom stereocenters. The van der Waals surface area contributed by atoms with Crippen molar-refractivity contribution in [2.45, 2.75) is 12.8 Å². The van der Waals surface area contributed by atoms with Gasteiger partial charge in [0.2, 0.25) is 5.95 Å². The molecule has 1 aliphatic heterocycles. The Hall–Kier alpha value is -3.30. The molecule has 4 rings (SSSR count). The van der Waals surface area contributed by atoms with Gasteiger partial charge >= 0.3 is 0 Å². The zero-order valence-corrected chi connectivity index (χ0v) is 15.9. The first kappa shape index (κ1) is 19.0. The highest BCUT2D eigenvalue weighted by Crippen LogP contribution is 2.26. The van der Waals surface area contributed by atoms with Crippen LogP contribution in [-0.2, 0) is 11.8 Å². The minimum Gasteiger partial charge on any atom is -0.368 e. The molecule has 1 saturated heterocycles. The number of benzene rings is 1. The molecular formula is C19H21F2N7O. The number of rotatable bonds is 5. The van der Waals surface area contributed by atoms with Gasteiger partial charge in [-0.25, -0.2) is 13.8 Å². The van der Waals surface area contributed by atoms with Gasteiger partial charge in [0.05, 0.1) is 18.4 Å². The highest BCUT2D eigenvalue weighted by molar-refractivity contribution is 5.93. The Morgan fingerprint density at radius 2 is 2.17 bits per heavy atom. The van der Waals surface area contributed by atoms with E-state index in [0.29, 0.717) is 6.54 Å². The zero-order valence-electron chi connectivity index (χ0n) is 15.9. The van der Waals surface area contributed by atoms with Gasteiger partial charge in [0.25, 0.3) is 0 Å². The van der Waals surface area contributed by atoms with E-state index in [1.54, 1.807) is 10.9 Å². The SMILES string of the molecule is Cn1cc(N2CCCC(C(=O)CNc3nc(N)nc4c(F)cc(F)cc34)C2)cn1. The smallest absolute Gasteiger partial charge is 0.222 e. The molecule has 1 unspecified atom stereocenters. The highest BCUT2D eigenvalue weighted by atomic mass is 19.1. The fourth-order valence-electron chi connectivity index (χ4n) is 3.67. The molecule has 3 N–H and O–H groups in total. The molecule has 0 radical (unpaired) electrons. The summed E-state index contributed by atoms with van der Waals surface area (Å²) < 4.78 is 29.4.